The van der Waals surface area contributed by atoms with Gasteiger partial charge >= 0.3 is 0 Å². The minimum Gasteiger partial charge on any atom is -0.494 e. The Morgan fingerprint density at radius 2 is 2.18 bits per heavy atom. The second kappa shape index (κ2) is 5.97. The molecule has 0 aromatic carbocycles. The zero-order valence-electron chi connectivity index (χ0n) is 13.4. The number of ether oxygens (including phenoxy) is 1. The van der Waals surface area contributed by atoms with Crippen LogP contribution in [0.25, 0.3) is 6.08 Å². The standard InChI is InChI=1S/C18H20N2OS/c1-5-13-11(2)14(19-12(13)3)9-15-17(21-4)10-16(20-15)18-7-6-8-22-18/h6-10,19H,5H2,1-4H3/b15-9-. The Hall–Kier alpha value is -2.07. The lowest BCUT2D eigenvalue weighted by Crippen LogP contribution is -1.88. The summed E-state index contributed by atoms with van der Waals surface area (Å²) in [5.74, 6) is 0.813. The van der Waals surface area contributed by atoms with Gasteiger partial charge in [0, 0.05) is 17.5 Å². The molecule has 3 nitrogen and oxygen atoms in total. The lowest BCUT2D eigenvalue weighted by Gasteiger charge is -2.01. The average molecular weight is 312 g/mol. The van der Waals surface area contributed by atoms with Crippen molar-refractivity contribution in [2.45, 2.75) is 27.2 Å². The molecule has 1 aliphatic rings. The van der Waals surface area contributed by atoms with Gasteiger partial charge in [-0.15, -0.1) is 11.3 Å². The van der Waals surface area contributed by atoms with Crippen LogP contribution in [-0.2, 0) is 11.2 Å². The van der Waals surface area contributed by atoms with Crippen LogP contribution in [0.1, 0.15) is 34.3 Å². The molecule has 0 amide bonds. The number of aryl methyl sites for hydroxylation is 1. The lowest BCUT2D eigenvalue weighted by atomic mass is 10.1. The summed E-state index contributed by atoms with van der Waals surface area (Å²) in [5.41, 5.74) is 6.87. The van der Waals surface area contributed by atoms with E-state index in [1.165, 1.54) is 16.8 Å². The van der Waals surface area contributed by atoms with Crippen molar-refractivity contribution in [3.8, 4) is 0 Å². The molecule has 0 radical (unpaired) electrons. The predicted octanol–water partition coefficient (Wildman–Crippen LogP) is 4.63. The minimum atomic E-state index is 0.813. The Labute approximate surface area is 135 Å². The van der Waals surface area contributed by atoms with Gasteiger partial charge in [-0.2, -0.15) is 0 Å². The average Bonchev–Trinajstić information content (AvgIpc) is 3.20. The first-order chi connectivity index (χ1) is 10.6. The number of aliphatic imine (C=N–C) groups is 1. The summed E-state index contributed by atoms with van der Waals surface area (Å²) in [5, 5.41) is 2.06. The summed E-state index contributed by atoms with van der Waals surface area (Å²) in [6, 6.07) is 4.12. The number of nitrogens with zero attached hydrogens (tertiary/aromatic N) is 1. The van der Waals surface area contributed by atoms with Gasteiger partial charge in [0.05, 0.1) is 17.7 Å². The molecule has 114 valence electrons. The van der Waals surface area contributed by atoms with E-state index in [4.69, 9.17) is 9.73 Å². The summed E-state index contributed by atoms with van der Waals surface area (Å²) >= 11 is 1.69. The highest BCUT2D eigenvalue weighted by Gasteiger charge is 2.18. The van der Waals surface area contributed by atoms with Crippen LogP contribution in [0.2, 0.25) is 0 Å². The molecule has 1 aliphatic heterocycles. The van der Waals surface area contributed by atoms with Crippen LogP contribution in [0.4, 0.5) is 0 Å². The van der Waals surface area contributed by atoms with Crippen LogP contribution in [0.5, 0.6) is 0 Å². The monoisotopic (exact) mass is 312 g/mol. The lowest BCUT2D eigenvalue weighted by molar-refractivity contribution is 0.303. The maximum Gasteiger partial charge on any atom is 0.146 e. The molecule has 2 aromatic rings. The SMILES string of the molecule is CCc1c(C)[nH]c(/C=C2\N=C(c3cccs3)C=C2OC)c1C. The van der Waals surface area contributed by atoms with Gasteiger partial charge in [0.2, 0.25) is 0 Å². The Balaban J connectivity index is 2.02. The van der Waals surface area contributed by atoms with Crippen molar-refractivity contribution in [1.29, 1.82) is 0 Å². The fraction of sp³-hybridized carbons (Fsp3) is 0.278. The third-order valence-electron chi connectivity index (χ3n) is 4.02. The summed E-state index contributed by atoms with van der Waals surface area (Å²) in [6.07, 6.45) is 5.12. The van der Waals surface area contributed by atoms with Crippen molar-refractivity contribution in [2.24, 2.45) is 4.99 Å². The van der Waals surface area contributed by atoms with Gasteiger partial charge < -0.3 is 9.72 Å². The topological polar surface area (TPSA) is 37.4 Å². The smallest absolute Gasteiger partial charge is 0.146 e. The predicted molar refractivity (Wildman–Crippen MR) is 93.6 cm³/mol. The third-order valence-corrected chi connectivity index (χ3v) is 4.91. The maximum absolute atomic E-state index is 5.50. The molecule has 0 aliphatic carbocycles. The highest BCUT2D eigenvalue weighted by Crippen LogP contribution is 2.28. The number of allylic oxidation sites excluding steroid dienone is 1. The molecule has 0 unspecified atom stereocenters. The van der Waals surface area contributed by atoms with Crippen molar-refractivity contribution in [2.75, 3.05) is 7.11 Å². The van der Waals surface area contributed by atoms with Crippen LogP contribution in [0.3, 0.4) is 0 Å². The van der Waals surface area contributed by atoms with Crippen molar-refractivity contribution in [3.63, 3.8) is 0 Å². The van der Waals surface area contributed by atoms with Gasteiger partial charge in [-0.05, 0) is 48.9 Å². The first kappa shape index (κ1) is 14.9. The molecule has 1 N–H and O–H groups in total. The molecule has 2 aromatic heterocycles. The third kappa shape index (κ3) is 2.55. The molecule has 4 heteroatoms. The zero-order chi connectivity index (χ0) is 15.7. The normalized spacial score (nSPS) is 16.1. The number of H-pyrrole nitrogens is 1. The highest BCUT2D eigenvalue weighted by molar-refractivity contribution is 7.12. The van der Waals surface area contributed by atoms with E-state index in [1.807, 2.05) is 12.1 Å². The fourth-order valence-corrected chi connectivity index (χ4v) is 3.55. The van der Waals surface area contributed by atoms with Gasteiger partial charge in [-0.25, -0.2) is 4.99 Å². The zero-order valence-corrected chi connectivity index (χ0v) is 14.2. The molecule has 3 rings (SSSR count). The Kier molecular flexibility index (Phi) is 4.03. The molecule has 0 atom stereocenters. The van der Waals surface area contributed by atoms with Gasteiger partial charge in [-0.3, -0.25) is 0 Å². The van der Waals surface area contributed by atoms with Crippen molar-refractivity contribution < 1.29 is 4.74 Å². The molecule has 0 fully saturated rings. The minimum absolute atomic E-state index is 0.813. The van der Waals surface area contributed by atoms with Gasteiger partial charge in [0.1, 0.15) is 11.5 Å². The molecule has 0 saturated heterocycles. The number of methoxy groups -OCH3 is 1. The largest absolute Gasteiger partial charge is 0.494 e. The number of nitrogens with one attached hydrogen (secondary N) is 1. The molecule has 0 spiro atoms. The number of hydrogen-bond acceptors (Lipinski definition) is 3. The number of hydrogen-bond donors (Lipinski definition) is 1. The molecular formula is C18H20N2OS. The summed E-state index contributed by atoms with van der Waals surface area (Å²) in [4.78, 5) is 9.35. The van der Waals surface area contributed by atoms with E-state index >= 15 is 0 Å². The maximum atomic E-state index is 5.50. The number of aromatic amines is 1. The quantitative estimate of drug-likeness (QED) is 0.878. The van der Waals surface area contributed by atoms with Gasteiger partial charge in [0.25, 0.3) is 0 Å². The Morgan fingerprint density at radius 3 is 2.77 bits per heavy atom. The number of thiophene rings is 1. The van der Waals surface area contributed by atoms with Crippen molar-refractivity contribution in [3.05, 3.63) is 62.4 Å². The van der Waals surface area contributed by atoms with E-state index in [0.29, 0.717) is 0 Å². The van der Waals surface area contributed by atoms with E-state index in [0.717, 1.165) is 34.2 Å². The number of rotatable bonds is 4. The first-order valence-electron chi connectivity index (χ1n) is 7.42. The van der Waals surface area contributed by atoms with E-state index < -0.39 is 0 Å². The second-order valence-corrected chi connectivity index (χ2v) is 6.29. The molecule has 0 bridgehead atoms. The van der Waals surface area contributed by atoms with E-state index in [1.54, 1.807) is 18.4 Å². The molecule has 3 heterocycles. The van der Waals surface area contributed by atoms with Gasteiger partial charge in [0.15, 0.2) is 0 Å². The van der Waals surface area contributed by atoms with Crippen LogP contribution in [0.15, 0.2) is 40.0 Å². The Bertz CT molecular complexity index is 776. The summed E-state index contributed by atoms with van der Waals surface area (Å²) < 4.78 is 5.50. The van der Waals surface area contributed by atoms with Crippen LogP contribution in [-0.4, -0.2) is 17.8 Å². The van der Waals surface area contributed by atoms with E-state index in [-0.39, 0.29) is 0 Å². The molecular weight excluding hydrogens is 292 g/mol. The van der Waals surface area contributed by atoms with E-state index in [2.05, 4.69) is 43.3 Å². The molecule has 22 heavy (non-hydrogen) atoms. The second-order valence-electron chi connectivity index (χ2n) is 5.34. The van der Waals surface area contributed by atoms with Crippen LogP contribution in [0, 0.1) is 13.8 Å². The molecule has 0 saturated carbocycles. The van der Waals surface area contributed by atoms with Crippen molar-refractivity contribution in [1.82, 2.24) is 4.98 Å². The highest BCUT2D eigenvalue weighted by atomic mass is 32.1. The first-order valence-corrected chi connectivity index (χ1v) is 8.30. The number of aromatic nitrogens is 1. The Morgan fingerprint density at radius 1 is 1.36 bits per heavy atom. The summed E-state index contributed by atoms with van der Waals surface area (Å²) in [6.45, 7) is 6.46. The van der Waals surface area contributed by atoms with Crippen molar-refractivity contribution >= 4 is 23.1 Å². The van der Waals surface area contributed by atoms with Gasteiger partial charge in [-0.1, -0.05) is 13.0 Å². The fourth-order valence-electron chi connectivity index (χ4n) is 2.86. The van der Waals surface area contributed by atoms with Crippen LogP contribution >= 0.6 is 11.3 Å². The summed E-state index contributed by atoms with van der Waals surface area (Å²) in [7, 11) is 1.69. The van der Waals surface area contributed by atoms with Crippen LogP contribution < -0.4 is 0 Å². The van der Waals surface area contributed by atoms with E-state index in [9.17, 15) is 0 Å².